The number of hydrogen-bond acceptors (Lipinski definition) is 4. The maximum absolute atomic E-state index is 6.22. The van der Waals surface area contributed by atoms with Crippen molar-refractivity contribution in [2.75, 3.05) is 33.1 Å². The fourth-order valence-corrected chi connectivity index (χ4v) is 3.74. The molecule has 134 valence electrons. The Balaban J connectivity index is 1.59. The molecule has 2 atom stereocenters. The van der Waals surface area contributed by atoms with Crippen molar-refractivity contribution in [1.29, 1.82) is 0 Å². The Morgan fingerprint density at radius 3 is 2.88 bits per heavy atom. The molecule has 1 aromatic carbocycles. The first-order chi connectivity index (χ1) is 11.7. The lowest BCUT2D eigenvalue weighted by Crippen LogP contribution is -2.48. The van der Waals surface area contributed by atoms with Gasteiger partial charge >= 0.3 is 0 Å². The van der Waals surface area contributed by atoms with E-state index < -0.39 is 0 Å². The molecule has 1 aromatic rings. The fraction of sp³-hybridized carbons (Fsp3) is 0.667. The lowest BCUT2D eigenvalue weighted by Gasteiger charge is -2.38. The second kappa shape index (κ2) is 8.84. The first-order valence-corrected chi connectivity index (χ1v) is 9.42. The molecule has 2 heterocycles. The lowest BCUT2D eigenvalue weighted by molar-refractivity contribution is -0.163. The van der Waals surface area contributed by atoms with Gasteiger partial charge in [0.25, 0.3) is 0 Å². The summed E-state index contributed by atoms with van der Waals surface area (Å²) < 4.78 is 17.2. The van der Waals surface area contributed by atoms with Crippen molar-refractivity contribution in [3.05, 3.63) is 33.8 Å². The molecule has 0 aromatic heterocycles. The highest BCUT2D eigenvalue weighted by Gasteiger charge is 2.35. The number of rotatable bonds is 6. The molecule has 2 fully saturated rings. The van der Waals surface area contributed by atoms with Crippen LogP contribution in [-0.2, 0) is 19.6 Å². The fourth-order valence-electron chi connectivity index (χ4n) is 3.44. The largest absolute Gasteiger partial charge is 0.365 e. The Kier molecular flexibility index (Phi) is 6.79. The molecule has 2 aliphatic heterocycles. The van der Waals surface area contributed by atoms with Crippen molar-refractivity contribution >= 4 is 23.2 Å². The maximum atomic E-state index is 6.22. The van der Waals surface area contributed by atoms with Gasteiger partial charge in [-0.25, -0.2) is 0 Å². The molecule has 2 saturated heterocycles. The van der Waals surface area contributed by atoms with Crippen LogP contribution in [0.4, 0.5) is 0 Å². The minimum absolute atomic E-state index is 0.0274. The van der Waals surface area contributed by atoms with Gasteiger partial charge in [0.15, 0.2) is 6.29 Å². The summed E-state index contributed by atoms with van der Waals surface area (Å²) in [6.45, 7) is 3.65. The molecule has 0 radical (unpaired) electrons. The summed E-state index contributed by atoms with van der Waals surface area (Å²) in [5, 5.41) is 4.51. The van der Waals surface area contributed by atoms with E-state index in [0.29, 0.717) is 30.0 Å². The zero-order valence-electron chi connectivity index (χ0n) is 13.9. The van der Waals surface area contributed by atoms with Gasteiger partial charge in [-0.1, -0.05) is 29.3 Å². The van der Waals surface area contributed by atoms with E-state index in [1.807, 2.05) is 12.1 Å². The van der Waals surface area contributed by atoms with E-state index in [4.69, 9.17) is 37.4 Å². The molecule has 0 bridgehead atoms. The summed E-state index contributed by atoms with van der Waals surface area (Å²) in [5.74, 6) is 0. The van der Waals surface area contributed by atoms with Crippen LogP contribution in [0.3, 0.4) is 0 Å². The predicted octanol–water partition coefficient (Wildman–Crippen LogP) is 4.13. The van der Waals surface area contributed by atoms with Gasteiger partial charge in [0.05, 0.1) is 23.4 Å². The molecule has 2 unspecified atom stereocenters. The number of halogens is 2. The van der Waals surface area contributed by atoms with Crippen LogP contribution in [0.15, 0.2) is 18.2 Å². The minimum atomic E-state index is -0.0940. The van der Waals surface area contributed by atoms with Crippen LogP contribution >= 0.6 is 23.2 Å². The van der Waals surface area contributed by atoms with E-state index >= 15 is 0 Å². The Hall–Kier alpha value is -0.360. The average molecular weight is 374 g/mol. The zero-order valence-corrected chi connectivity index (χ0v) is 15.4. The molecule has 3 rings (SSSR count). The first-order valence-electron chi connectivity index (χ1n) is 8.67. The predicted molar refractivity (Wildman–Crippen MR) is 95.7 cm³/mol. The van der Waals surface area contributed by atoms with Crippen molar-refractivity contribution in [2.24, 2.45) is 0 Å². The number of hydrogen-bond donors (Lipinski definition) is 1. The number of ether oxygens (including phenoxy) is 3. The molecule has 0 spiro atoms. The zero-order chi connectivity index (χ0) is 16.8. The highest BCUT2D eigenvalue weighted by Crippen LogP contribution is 2.35. The summed E-state index contributed by atoms with van der Waals surface area (Å²) in [4.78, 5) is 0. The molecule has 24 heavy (non-hydrogen) atoms. The van der Waals surface area contributed by atoms with Crippen LogP contribution in [0, 0.1) is 0 Å². The van der Waals surface area contributed by atoms with E-state index in [-0.39, 0.29) is 11.7 Å². The quantitative estimate of drug-likeness (QED) is 0.760. The first kappa shape index (κ1) is 18.4. The van der Waals surface area contributed by atoms with Crippen LogP contribution in [0.5, 0.6) is 0 Å². The minimum Gasteiger partial charge on any atom is -0.365 e. The van der Waals surface area contributed by atoms with E-state index in [9.17, 15) is 0 Å². The van der Waals surface area contributed by atoms with Crippen LogP contribution < -0.4 is 5.32 Å². The summed E-state index contributed by atoms with van der Waals surface area (Å²) in [6.07, 6.45) is 5.22. The van der Waals surface area contributed by atoms with E-state index in [1.165, 1.54) is 6.42 Å². The van der Waals surface area contributed by atoms with Crippen LogP contribution in [0.25, 0.3) is 0 Å². The Morgan fingerprint density at radius 1 is 1.25 bits per heavy atom. The van der Waals surface area contributed by atoms with E-state index in [0.717, 1.165) is 44.4 Å². The van der Waals surface area contributed by atoms with Crippen molar-refractivity contribution < 1.29 is 14.2 Å². The van der Waals surface area contributed by atoms with Gasteiger partial charge in [0.2, 0.25) is 0 Å². The third-order valence-corrected chi connectivity index (χ3v) is 5.56. The standard InChI is InChI=1S/C18H25Cl2NO3/c19-15-6-5-14(10-16(15)20)18(11-21-13-22-12-18)7-3-9-24-17-4-1-2-8-23-17/h5-6,10,17,21H,1-4,7-9,11-13H2. The average Bonchev–Trinajstić information content (AvgIpc) is 2.63. The van der Waals surface area contributed by atoms with Crippen molar-refractivity contribution in [1.82, 2.24) is 5.32 Å². The normalized spacial score (nSPS) is 28.0. The van der Waals surface area contributed by atoms with Gasteiger partial charge in [-0.2, -0.15) is 0 Å². The smallest absolute Gasteiger partial charge is 0.157 e. The summed E-state index contributed by atoms with van der Waals surface area (Å²) in [6, 6.07) is 5.88. The molecular weight excluding hydrogens is 349 g/mol. The summed E-state index contributed by atoms with van der Waals surface area (Å²) >= 11 is 12.3. The van der Waals surface area contributed by atoms with Crippen LogP contribution in [-0.4, -0.2) is 39.4 Å². The maximum Gasteiger partial charge on any atom is 0.157 e. The molecule has 0 saturated carbocycles. The second-order valence-corrected chi connectivity index (χ2v) is 7.41. The van der Waals surface area contributed by atoms with E-state index in [1.54, 1.807) is 0 Å². The number of nitrogens with one attached hydrogen (secondary N) is 1. The Bertz CT molecular complexity index is 529. The van der Waals surface area contributed by atoms with Gasteiger partial charge in [-0.05, 0) is 49.8 Å². The monoisotopic (exact) mass is 373 g/mol. The third-order valence-electron chi connectivity index (χ3n) is 4.82. The van der Waals surface area contributed by atoms with Gasteiger partial charge in [0, 0.05) is 25.2 Å². The molecule has 0 aliphatic carbocycles. The third kappa shape index (κ3) is 4.63. The van der Waals surface area contributed by atoms with Gasteiger partial charge in [0.1, 0.15) is 0 Å². The van der Waals surface area contributed by atoms with Crippen LogP contribution in [0.2, 0.25) is 10.0 Å². The Morgan fingerprint density at radius 2 is 2.17 bits per heavy atom. The van der Waals surface area contributed by atoms with E-state index in [2.05, 4.69) is 11.4 Å². The highest BCUT2D eigenvalue weighted by atomic mass is 35.5. The topological polar surface area (TPSA) is 39.7 Å². The summed E-state index contributed by atoms with van der Waals surface area (Å²) in [7, 11) is 0. The molecule has 0 amide bonds. The van der Waals surface area contributed by atoms with Crippen molar-refractivity contribution in [3.8, 4) is 0 Å². The van der Waals surface area contributed by atoms with Gasteiger partial charge < -0.3 is 14.2 Å². The van der Waals surface area contributed by atoms with Gasteiger partial charge in [-0.3, -0.25) is 5.32 Å². The highest BCUT2D eigenvalue weighted by molar-refractivity contribution is 6.42. The van der Waals surface area contributed by atoms with Gasteiger partial charge in [-0.15, -0.1) is 0 Å². The molecule has 4 nitrogen and oxygen atoms in total. The van der Waals surface area contributed by atoms with Crippen LogP contribution in [0.1, 0.15) is 37.7 Å². The lowest BCUT2D eigenvalue weighted by atomic mass is 9.76. The summed E-state index contributed by atoms with van der Waals surface area (Å²) in [5.41, 5.74) is 1.07. The SMILES string of the molecule is Clc1ccc(C2(CCCOC3CCCCO3)CNCOC2)cc1Cl. The Labute approximate surface area is 153 Å². The molecule has 1 N–H and O–H groups in total. The number of benzene rings is 1. The van der Waals surface area contributed by atoms with Crippen molar-refractivity contribution in [3.63, 3.8) is 0 Å². The molecular formula is C18H25Cl2NO3. The van der Waals surface area contributed by atoms with Crippen molar-refractivity contribution in [2.45, 2.75) is 43.8 Å². The molecule has 6 heteroatoms. The second-order valence-electron chi connectivity index (χ2n) is 6.60. The molecule has 2 aliphatic rings.